The SMILES string of the molecule is Cn1c(N)cnc1N1CCCCCC1. The van der Waals surface area contributed by atoms with Crippen LogP contribution in [0.3, 0.4) is 0 Å². The fourth-order valence-electron chi connectivity index (χ4n) is 1.98. The molecule has 2 heterocycles. The van der Waals surface area contributed by atoms with Crippen molar-refractivity contribution in [2.75, 3.05) is 23.7 Å². The van der Waals surface area contributed by atoms with Crippen LogP contribution in [0, 0.1) is 0 Å². The van der Waals surface area contributed by atoms with E-state index in [1.54, 1.807) is 6.20 Å². The second kappa shape index (κ2) is 3.90. The Morgan fingerprint density at radius 1 is 1.21 bits per heavy atom. The standard InChI is InChI=1S/C10H18N4/c1-13-9(11)8-12-10(13)14-6-4-2-3-5-7-14/h8H,2-7,11H2,1H3. The summed E-state index contributed by atoms with van der Waals surface area (Å²) >= 11 is 0. The predicted molar refractivity (Wildman–Crippen MR) is 58.3 cm³/mol. The highest BCUT2D eigenvalue weighted by Crippen LogP contribution is 2.19. The first-order chi connectivity index (χ1) is 6.79. The summed E-state index contributed by atoms with van der Waals surface area (Å²) in [5, 5.41) is 0. The predicted octanol–water partition coefficient (Wildman–Crippen LogP) is 1.38. The molecule has 78 valence electrons. The Balaban J connectivity index is 2.16. The van der Waals surface area contributed by atoms with Crippen molar-refractivity contribution in [1.29, 1.82) is 0 Å². The van der Waals surface area contributed by atoms with Crippen LogP contribution in [-0.2, 0) is 7.05 Å². The second-order valence-electron chi connectivity index (χ2n) is 3.94. The number of nitrogens with zero attached hydrogens (tertiary/aromatic N) is 3. The van der Waals surface area contributed by atoms with Crippen molar-refractivity contribution in [1.82, 2.24) is 9.55 Å². The van der Waals surface area contributed by atoms with Gasteiger partial charge in [0.05, 0.1) is 6.20 Å². The van der Waals surface area contributed by atoms with Crippen LogP contribution in [0.2, 0.25) is 0 Å². The van der Waals surface area contributed by atoms with Crippen LogP contribution in [0.1, 0.15) is 25.7 Å². The molecule has 2 N–H and O–H groups in total. The lowest BCUT2D eigenvalue weighted by Gasteiger charge is -2.21. The van der Waals surface area contributed by atoms with Crippen molar-refractivity contribution in [3.8, 4) is 0 Å². The number of hydrogen-bond donors (Lipinski definition) is 1. The van der Waals surface area contributed by atoms with Crippen molar-refractivity contribution in [2.45, 2.75) is 25.7 Å². The van der Waals surface area contributed by atoms with Crippen molar-refractivity contribution >= 4 is 11.8 Å². The molecular weight excluding hydrogens is 176 g/mol. The summed E-state index contributed by atoms with van der Waals surface area (Å²) in [6, 6.07) is 0. The maximum Gasteiger partial charge on any atom is 0.206 e. The monoisotopic (exact) mass is 194 g/mol. The molecule has 1 saturated heterocycles. The van der Waals surface area contributed by atoms with E-state index in [1.165, 1.54) is 25.7 Å². The molecule has 0 aromatic carbocycles. The molecule has 0 unspecified atom stereocenters. The van der Waals surface area contributed by atoms with Crippen LogP contribution in [0.5, 0.6) is 0 Å². The van der Waals surface area contributed by atoms with Gasteiger partial charge in [-0.3, -0.25) is 0 Å². The molecule has 0 bridgehead atoms. The first kappa shape index (κ1) is 9.37. The lowest BCUT2D eigenvalue weighted by atomic mass is 10.2. The van der Waals surface area contributed by atoms with Gasteiger partial charge in [0.15, 0.2) is 0 Å². The number of nitrogen functional groups attached to an aromatic ring is 1. The van der Waals surface area contributed by atoms with Gasteiger partial charge in [0.25, 0.3) is 0 Å². The Labute approximate surface area is 84.7 Å². The molecule has 1 aliphatic rings. The van der Waals surface area contributed by atoms with Crippen LogP contribution >= 0.6 is 0 Å². The zero-order chi connectivity index (χ0) is 9.97. The summed E-state index contributed by atoms with van der Waals surface area (Å²) < 4.78 is 1.96. The minimum atomic E-state index is 0.740. The van der Waals surface area contributed by atoms with E-state index in [9.17, 15) is 0 Å². The third kappa shape index (κ3) is 1.69. The molecule has 1 aromatic rings. The van der Waals surface area contributed by atoms with Crippen molar-refractivity contribution in [3.63, 3.8) is 0 Å². The Hall–Kier alpha value is -1.19. The van der Waals surface area contributed by atoms with E-state index in [0.717, 1.165) is 24.9 Å². The van der Waals surface area contributed by atoms with Gasteiger partial charge in [0.2, 0.25) is 5.95 Å². The van der Waals surface area contributed by atoms with Crippen molar-refractivity contribution in [3.05, 3.63) is 6.20 Å². The van der Waals surface area contributed by atoms with E-state index in [0.29, 0.717) is 0 Å². The normalized spacial score (nSPS) is 18.2. The number of rotatable bonds is 1. The molecule has 0 amide bonds. The number of hydrogen-bond acceptors (Lipinski definition) is 3. The molecule has 0 spiro atoms. The third-order valence-corrected chi connectivity index (χ3v) is 2.89. The number of aromatic nitrogens is 2. The Kier molecular flexibility index (Phi) is 2.61. The minimum absolute atomic E-state index is 0.740. The summed E-state index contributed by atoms with van der Waals surface area (Å²) in [5.41, 5.74) is 5.76. The highest BCUT2D eigenvalue weighted by Gasteiger charge is 2.14. The molecule has 1 aromatic heterocycles. The van der Waals surface area contributed by atoms with Crippen LogP contribution < -0.4 is 10.6 Å². The molecule has 0 aliphatic carbocycles. The van der Waals surface area contributed by atoms with Gasteiger partial charge in [0.1, 0.15) is 5.82 Å². The summed E-state index contributed by atoms with van der Waals surface area (Å²) in [5.74, 6) is 1.76. The fraction of sp³-hybridized carbons (Fsp3) is 0.700. The zero-order valence-electron chi connectivity index (χ0n) is 8.74. The van der Waals surface area contributed by atoms with E-state index < -0.39 is 0 Å². The molecule has 14 heavy (non-hydrogen) atoms. The average Bonchev–Trinajstić information content (AvgIpc) is 2.47. The van der Waals surface area contributed by atoms with Crippen LogP contribution in [0.25, 0.3) is 0 Å². The molecule has 0 saturated carbocycles. The van der Waals surface area contributed by atoms with Crippen LogP contribution in [0.4, 0.5) is 11.8 Å². The van der Waals surface area contributed by atoms with E-state index in [1.807, 2.05) is 11.6 Å². The molecule has 0 atom stereocenters. The second-order valence-corrected chi connectivity index (χ2v) is 3.94. The van der Waals surface area contributed by atoms with Gasteiger partial charge in [-0.2, -0.15) is 0 Å². The average molecular weight is 194 g/mol. The molecular formula is C10H18N4. The summed E-state index contributed by atoms with van der Waals surface area (Å²) in [6.07, 6.45) is 6.96. The maximum absolute atomic E-state index is 5.76. The fourth-order valence-corrected chi connectivity index (χ4v) is 1.98. The summed E-state index contributed by atoms with van der Waals surface area (Å²) in [7, 11) is 1.97. The van der Waals surface area contributed by atoms with Crippen molar-refractivity contribution in [2.24, 2.45) is 7.05 Å². The largest absolute Gasteiger partial charge is 0.384 e. The maximum atomic E-state index is 5.76. The Morgan fingerprint density at radius 3 is 2.36 bits per heavy atom. The van der Waals surface area contributed by atoms with Crippen LogP contribution in [0.15, 0.2) is 6.20 Å². The molecule has 1 aliphatic heterocycles. The van der Waals surface area contributed by atoms with E-state index in [4.69, 9.17) is 5.73 Å². The summed E-state index contributed by atoms with van der Waals surface area (Å²) in [6.45, 7) is 2.23. The molecule has 4 nitrogen and oxygen atoms in total. The first-order valence-electron chi connectivity index (χ1n) is 5.31. The number of imidazole rings is 1. The van der Waals surface area contributed by atoms with Gasteiger partial charge in [-0.05, 0) is 12.8 Å². The molecule has 1 fully saturated rings. The molecule has 0 radical (unpaired) electrons. The quantitative estimate of drug-likeness (QED) is 0.734. The topological polar surface area (TPSA) is 47.1 Å². The van der Waals surface area contributed by atoms with E-state index in [-0.39, 0.29) is 0 Å². The van der Waals surface area contributed by atoms with E-state index in [2.05, 4.69) is 9.88 Å². The highest BCUT2D eigenvalue weighted by atomic mass is 15.3. The molecule has 4 heteroatoms. The Morgan fingerprint density at radius 2 is 1.86 bits per heavy atom. The zero-order valence-corrected chi connectivity index (χ0v) is 8.74. The number of nitrogens with two attached hydrogens (primary N) is 1. The van der Waals surface area contributed by atoms with Gasteiger partial charge in [0, 0.05) is 20.1 Å². The first-order valence-corrected chi connectivity index (χ1v) is 5.31. The Bertz CT molecular complexity index is 297. The van der Waals surface area contributed by atoms with Gasteiger partial charge >= 0.3 is 0 Å². The smallest absolute Gasteiger partial charge is 0.206 e. The van der Waals surface area contributed by atoms with Crippen LogP contribution in [-0.4, -0.2) is 22.6 Å². The lowest BCUT2D eigenvalue weighted by Crippen LogP contribution is -2.26. The lowest BCUT2D eigenvalue weighted by molar-refractivity contribution is 0.726. The van der Waals surface area contributed by atoms with Gasteiger partial charge in [-0.15, -0.1) is 0 Å². The summed E-state index contributed by atoms with van der Waals surface area (Å²) in [4.78, 5) is 6.68. The van der Waals surface area contributed by atoms with E-state index >= 15 is 0 Å². The van der Waals surface area contributed by atoms with Gasteiger partial charge in [-0.1, -0.05) is 12.8 Å². The minimum Gasteiger partial charge on any atom is -0.384 e. The van der Waals surface area contributed by atoms with Gasteiger partial charge < -0.3 is 15.2 Å². The van der Waals surface area contributed by atoms with Crippen molar-refractivity contribution < 1.29 is 0 Å². The van der Waals surface area contributed by atoms with Gasteiger partial charge in [-0.25, -0.2) is 4.98 Å². The number of anilines is 2. The molecule has 2 rings (SSSR count). The highest BCUT2D eigenvalue weighted by molar-refractivity contribution is 5.41. The third-order valence-electron chi connectivity index (χ3n) is 2.89.